The minimum atomic E-state index is -3.97. The number of allylic oxidation sites excluding steroid dienone is 3. The van der Waals surface area contributed by atoms with E-state index in [-0.39, 0.29) is 47.4 Å². The van der Waals surface area contributed by atoms with Crippen molar-refractivity contribution < 1.29 is 27.8 Å². The van der Waals surface area contributed by atoms with Crippen LogP contribution >= 0.6 is 11.6 Å². The van der Waals surface area contributed by atoms with Crippen molar-refractivity contribution in [1.29, 1.82) is 0 Å². The van der Waals surface area contributed by atoms with E-state index >= 15 is 0 Å². The van der Waals surface area contributed by atoms with Gasteiger partial charge in [-0.3, -0.25) is 14.6 Å². The summed E-state index contributed by atoms with van der Waals surface area (Å²) in [5.74, 6) is 1.76. The number of fused-ring (bicyclic) bond motifs is 4. The van der Waals surface area contributed by atoms with Crippen molar-refractivity contribution in [2.24, 2.45) is 23.7 Å². The van der Waals surface area contributed by atoms with Gasteiger partial charge in [0.25, 0.3) is 5.91 Å². The number of carbonyl (C=O) groups is 1. The fourth-order valence-corrected chi connectivity index (χ4v) is 10.1. The third-order valence-corrected chi connectivity index (χ3v) is 13.6. The van der Waals surface area contributed by atoms with Crippen LogP contribution in [-0.4, -0.2) is 111 Å². The number of hydrogen-bond acceptors (Lipinski definition) is 9. The largest absolute Gasteiger partial charge is 0.479 e. The smallest absolute Gasteiger partial charge is 0.260 e. The van der Waals surface area contributed by atoms with Gasteiger partial charge in [0.1, 0.15) is 6.61 Å². The summed E-state index contributed by atoms with van der Waals surface area (Å²) in [5, 5.41) is 13.5. The Balaban J connectivity index is 1.37. The lowest BCUT2D eigenvalue weighted by Gasteiger charge is -2.51. The second-order valence-corrected chi connectivity index (χ2v) is 17.8. The molecule has 6 atom stereocenters. The summed E-state index contributed by atoms with van der Waals surface area (Å²) in [6, 6.07) is 6.09. The Hall–Kier alpha value is -2.85. The summed E-state index contributed by atoms with van der Waals surface area (Å²) in [5.41, 5.74) is 1.75. The predicted molar refractivity (Wildman–Crippen MR) is 204 cm³/mol. The Morgan fingerprint density at radius 1 is 1.12 bits per heavy atom. The molecule has 2 N–H and O–H groups in total. The maximum Gasteiger partial charge on any atom is 0.260 e. The van der Waals surface area contributed by atoms with Gasteiger partial charge in [-0.15, -0.1) is 6.42 Å². The van der Waals surface area contributed by atoms with Crippen LogP contribution in [0, 0.1) is 36.0 Å². The van der Waals surface area contributed by atoms with Gasteiger partial charge in [-0.1, -0.05) is 43.7 Å². The number of piperazine rings is 1. The summed E-state index contributed by atoms with van der Waals surface area (Å²) in [4.78, 5) is 20.5. The number of nitrogens with one attached hydrogen (secondary N) is 1. The molecule has 3 fully saturated rings. The Bertz CT molecular complexity index is 1720. The molecule has 4 aliphatic heterocycles. The first kappa shape index (κ1) is 38.9. The molecule has 4 heterocycles. The van der Waals surface area contributed by atoms with Crippen LogP contribution in [0.3, 0.4) is 0 Å². The van der Waals surface area contributed by atoms with Crippen LogP contribution in [0.5, 0.6) is 0 Å². The van der Waals surface area contributed by atoms with E-state index in [0.29, 0.717) is 43.0 Å². The van der Waals surface area contributed by atoms with Gasteiger partial charge >= 0.3 is 0 Å². The van der Waals surface area contributed by atoms with Gasteiger partial charge in [0.15, 0.2) is 5.76 Å². The van der Waals surface area contributed by atoms with Gasteiger partial charge in [0.05, 0.1) is 30.3 Å². The van der Waals surface area contributed by atoms with Crippen LogP contribution < -0.4 is 4.72 Å². The number of hydrogen-bond donors (Lipinski definition) is 2. The molecular formula is C40H55ClN4O6S. The van der Waals surface area contributed by atoms with Crippen LogP contribution in [0.15, 0.2) is 53.5 Å². The van der Waals surface area contributed by atoms with E-state index in [1.165, 1.54) is 0 Å². The van der Waals surface area contributed by atoms with E-state index in [1.54, 1.807) is 13.0 Å². The molecule has 1 aliphatic carbocycles. The molecule has 0 spiro atoms. The van der Waals surface area contributed by atoms with Gasteiger partial charge in [-0.05, 0) is 98.0 Å². The number of aliphatic hydroxyl groups is 1. The van der Waals surface area contributed by atoms with Gasteiger partial charge in [0.2, 0.25) is 10.0 Å². The lowest BCUT2D eigenvalue weighted by molar-refractivity contribution is -0.115. The monoisotopic (exact) mass is 754 g/mol. The first-order chi connectivity index (χ1) is 24.8. The van der Waals surface area contributed by atoms with Crippen LogP contribution in [0.4, 0.5) is 0 Å². The molecule has 0 bridgehead atoms. The Labute approximate surface area is 315 Å². The van der Waals surface area contributed by atoms with E-state index in [9.17, 15) is 18.3 Å². The predicted octanol–water partition coefficient (Wildman–Crippen LogP) is 4.35. The summed E-state index contributed by atoms with van der Waals surface area (Å²) >= 11 is 6.37. The van der Waals surface area contributed by atoms with Crippen LogP contribution in [0.25, 0.3) is 0 Å². The molecule has 1 aromatic rings. The topological polar surface area (TPSA) is 112 Å². The van der Waals surface area contributed by atoms with Crippen molar-refractivity contribution in [1.82, 2.24) is 19.4 Å². The number of morpholine rings is 1. The van der Waals surface area contributed by atoms with E-state index in [0.717, 1.165) is 76.0 Å². The van der Waals surface area contributed by atoms with Gasteiger partial charge < -0.3 is 19.5 Å². The molecule has 0 radical (unpaired) electrons. The lowest BCUT2D eigenvalue weighted by Crippen LogP contribution is -2.62. The highest BCUT2D eigenvalue weighted by Gasteiger charge is 2.47. The van der Waals surface area contributed by atoms with Gasteiger partial charge in [-0.25, -0.2) is 13.1 Å². The molecule has 5 aliphatic rings. The van der Waals surface area contributed by atoms with Gasteiger partial charge in [0, 0.05) is 62.5 Å². The zero-order valence-electron chi connectivity index (χ0n) is 30.9. The first-order valence-electron chi connectivity index (χ1n) is 18.9. The van der Waals surface area contributed by atoms with Crippen molar-refractivity contribution in [2.75, 3.05) is 64.8 Å². The second-order valence-electron chi connectivity index (χ2n) is 15.6. The number of amides is 1. The SMILES string of the molecule is C#C/C1=C2\C=C(/C)C(=O)NS(=O)(=O)C[C@@H](C)[C@@H](C)/C=C/[C@@](O)(CN3CCN4CCOC[C@@H]4C3)[C@H]3CC[C@H]3CN2CCCCc2cc(Cl)ccc2CO1. The molecule has 10 nitrogen and oxygen atoms in total. The van der Waals surface area contributed by atoms with Crippen molar-refractivity contribution in [3.05, 3.63) is 69.6 Å². The fraction of sp³-hybridized carbons (Fsp3) is 0.625. The van der Waals surface area contributed by atoms with E-state index in [4.69, 9.17) is 27.5 Å². The highest BCUT2D eigenvalue weighted by Crippen LogP contribution is 2.45. The number of sulfonamides is 1. The van der Waals surface area contributed by atoms with E-state index in [1.807, 2.05) is 44.2 Å². The summed E-state index contributed by atoms with van der Waals surface area (Å²) in [6.45, 7) is 12.4. The molecule has 284 valence electrons. The molecular weight excluding hydrogens is 700 g/mol. The molecule has 1 aromatic carbocycles. The normalized spacial score (nSPS) is 35.6. The highest BCUT2D eigenvalue weighted by atomic mass is 35.5. The number of carbonyl (C=O) groups excluding carboxylic acids is 1. The number of nitrogens with zero attached hydrogens (tertiary/aromatic N) is 3. The quantitative estimate of drug-likeness (QED) is 0.337. The number of rotatable bonds is 2. The Morgan fingerprint density at radius 3 is 2.71 bits per heavy atom. The van der Waals surface area contributed by atoms with Crippen molar-refractivity contribution in [3.63, 3.8) is 0 Å². The summed E-state index contributed by atoms with van der Waals surface area (Å²) in [6.07, 6.45) is 16.1. The average Bonchev–Trinajstić information content (AvgIpc) is 3.11. The average molecular weight is 755 g/mol. The molecule has 2 saturated heterocycles. The van der Waals surface area contributed by atoms with Crippen molar-refractivity contribution in [3.8, 4) is 12.3 Å². The first-order valence-corrected chi connectivity index (χ1v) is 20.9. The molecule has 6 rings (SSSR count). The zero-order chi connectivity index (χ0) is 37.0. The maximum atomic E-state index is 13.4. The van der Waals surface area contributed by atoms with Crippen LogP contribution in [0.2, 0.25) is 5.02 Å². The number of ether oxygens (including phenoxy) is 2. The molecule has 0 aromatic heterocycles. The minimum Gasteiger partial charge on any atom is -0.479 e. The number of β-amino-alcohol motifs (C(OH)–C–C–N with tert-alkyl or cyclic N) is 1. The second kappa shape index (κ2) is 16.7. The number of aryl methyl sites for hydroxylation is 1. The molecule has 12 heteroatoms. The highest BCUT2D eigenvalue weighted by molar-refractivity contribution is 7.90. The van der Waals surface area contributed by atoms with Crippen molar-refractivity contribution >= 4 is 27.5 Å². The molecule has 1 amide bonds. The molecule has 1 saturated carbocycles. The Morgan fingerprint density at radius 2 is 1.94 bits per heavy atom. The minimum absolute atomic E-state index is 0.0297. The zero-order valence-corrected chi connectivity index (χ0v) is 32.4. The number of terminal acetylenes is 1. The molecule has 52 heavy (non-hydrogen) atoms. The van der Waals surface area contributed by atoms with E-state index < -0.39 is 21.5 Å². The number of halogens is 1. The maximum absolute atomic E-state index is 13.4. The van der Waals surface area contributed by atoms with Crippen LogP contribution in [0.1, 0.15) is 57.6 Å². The number of benzene rings is 1. The van der Waals surface area contributed by atoms with Crippen LogP contribution in [-0.2, 0) is 37.3 Å². The van der Waals surface area contributed by atoms with Crippen molar-refractivity contribution in [2.45, 2.75) is 71.1 Å². The lowest BCUT2D eigenvalue weighted by atomic mass is 9.64. The fourth-order valence-electron chi connectivity index (χ4n) is 8.41. The summed E-state index contributed by atoms with van der Waals surface area (Å²) < 4.78 is 41.1. The van der Waals surface area contributed by atoms with Gasteiger partial charge in [-0.2, -0.15) is 0 Å². The molecule has 0 unspecified atom stereocenters. The summed E-state index contributed by atoms with van der Waals surface area (Å²) in [7, 11) is -3.97. The third-order valence-electron chi connectivity index (χ3n) is 11.9. The van der Waals surface area contributed by atoms with E-state index in [2.05, 4.69) is 25.3 Å². The Kier molecular flexibility index (Phi) is 12.5. The third kappa shape index (κ3) is 9.26. The standard InChI is InChI=1S/C40H55ClN4O6S/c1-5-38-37-20-29(3)39(46)42-52(48,49)26-30(4)28(2)13-14-40(47,27-43-16-17-44-18-19-50-25-35(44)23-43)36-12-10-32(36)22-45(37)15-7-6-8-31-21-34(41)11-9-33(31)24-51-38/h1,9,11,13-14,20-21,28,30,32,35-36,47H,6-8,10,12,15-19,22-27H2,2-4H3,(H,42,46)/b14-13+,29-20+,38-37-/t28-,30+,32-,35-,36-,40+/m0/s1.